The van der Waals surface area contributed by atoms with Crippen molar-refractivity contribution < 1.29 is 9.18 Å². The topological polar surface area (TPSA) is 34.0 Å². The smallest absolute Gasteiger partial charge is 0.221 e. The number of carbonyl (C=O) groups excluding carboxylic acids is 1. The first kappa shape index (κ1) is 22.8. The molecule has 0 saturated carbocycles. The van der Waals surface area contributed by atoms with Crippen LogP contribution in [0.1, 0.15) is 49.3 Å². The van der Waals surface area contributed by atoms with Gasteiger partial charge in [-0.05, 0) is 61.6 Å². The first-order chi connectivity index (χ1) is 16.0. The van der Waals surface area contributed by atoms with E-state index in [0.29, 0.717) is 0 Å². The van der Waals surface area contributed by atoms with E-state index >= 15 is 0 Å². The molecule has 3 nitrogen and oxygen atoms in total. The summed E-state index contributed by atoms with van der Waals surface area (Å²) in [6.07, 6.45) is 4.18. The summed E-state index contributed by atoms with van der Waals surface area (Å²) in [7, 11) is 0. The third-order valence-corrected chi connectivity index (χ3v) is 6.29. The fourth-order valence-electron chi connectivity index (χ4n) is 4.56. The molecule has 0 saturated heterocycles. The number of nitrogens with one attached hydrogen (secondary N) is 1. The van der Waals surface area contributed by atoms with Gasteiger partial charge in [0.05, 0.1) is 0 Å². The number of aromatic nitrogens is 1. The number of fused-ring (bicyclic) bond motifs is 1. The average Bonchev–Trinajstić information content (AvgIpc) is 3.20. The highest BCUT2D eigenvalue weighted by atomic mass is 19.1. The second-order valence-electron chi connectivity index (χ2n) is 8.69. The van der Waals surface area contributed by atoms with E-state index in [1.807, 2.05) is 43.3 Å². The maximum atomic E-state index is 14.1. The highest BCUT2D eigenvalue weighted by molar-refractivity contribution is 5.86. The van der Waals surface area contributed by atoms with Crippen molar-refractivity contribution in [3.63, 3.8) is 0 Å². The highest BCUT2D eigenvalue weighted by Gasteiger charge is 2.23. The monoisotopic (exact) mass is 442 g/mol. The molecule has 33 heavy (non-hydrogen) atoms. The first-order valence-electron chi connectivity index (χ1n) is 11.7. The molecule has 1 aromatic heterocycles. The van der Waals surface area contributed by atoms with Crippen LogP contribution < -0.4 is 5.32 Å². The number of carbonyl (C=O) groups is 1. The van der Waals surface area contributed by atoms with Crippen molar-refractivity contribution in [3.8, 4) is 0 Å². The summed E-state index contributed by atoms with van der Waals surface area (Å²) >= 11 is 0. The second kappa shape index (κ2) is 10.5. The predicted octanol–water partition coefficient (Wildman–Crippen LogP) is 6.46. The zero-order chi connectivity index (χ0) is 23.2. The average molecular weight is 443 g/mol. The van der Waals surface area contributed by atoms with Gasteiger partial charge in [-0.3, -0.25) is 4.79 Å². The van der Waals surface area contributed by atoms with Crippen LogP contribution in [0.2, 0.25) is 0 Å². The maximum absolute atomic E-state index is 14.1. The van der Waals surface area contributed by atoms with Crippen LogP contribution in [0.3, 0.4) is 0 Å². The molecule has 0 radical (unpaired) electrons. The summed E-state index contributed by atoms with van der Waals surface area (Å²) in [5, 5.41) is 4.27. The fraction of sp³-hybridized carbons (Fsp3) is 0.276. The number of rotatable bonds is 9. The summed E-state index contributed by atoms with van der Waals surface area (Å²) in [5.41, 5.74) is 4.28. The third-order valence-electron chi connectivity index (χ3n) is 6.29. The summed E-state index contributed by atoms with van der Waals surface area (Å²) in [6.45, 7) is 4.98. The van der Waals surface area contributed by atoms with Crippen LogP contribution in [0.4, 0.5) is 4.39 Å². The zero-order valence-corrected chi connectivity index (χ0v) is 19.3. The molecule has 4 heteroatoms. The number of nitrogens with zero attached hydrogens (tertiary/aromatic N) is 1. The lowest BCUT2D eigenvalue weighted by molar-refractivity contribution is -0.121. The molecule has 2 atom stereocenters. The lowest BCUT2D eigenvalue weighted by atomic mass is 9.88. The van der Waals surface area contributed by atoms with Gasteiger partial charge >= 0.3 is 0 Å². The van der Waals surface area contributed by atoms with Crippen molar-refractivity contribution in [3.05, 3.63) is 108 Å². The van der Waals surface area contributed by atoms with Gasteiger partial charge in [0.25, 0.3) is 0 Å². The minimum absolute atomic E-state index is 0.0156. The summed E-state index contributed by atoms with van der Waals surface area (Å²) in [4.78, 5) is 13.1. The Morgan fingerprint density at radius 2 is 1.76 bits per heavy atom. The van der Waals surface area contributed by atoms with Gasteiger partial charge in [0.15, 0.2) is 0 Å². The number of hydrogen-bond donors (Lipinski definition) is 1. The van der Waals surface area contributed by atoms with Crippen LogP contribution in [0.25, 0.3) is 10.9 Å². The van der Waals surface area contributed by atoms with Crippen molar-refractivity contribution in [1.29, 1.82) is 0 Å². The Kier molecular flexibility index (Phi) is 7.23. The van der Waals surface area contributed by atoms with E-state index in [1.165, 1.54) is 11.6 Å². The standard InChI is InChI=1S/C29H31FN2O/c1-3-32-20-27(25-14-7-8-15-28(25)32)26(23-12-9-13-24(30)18-23)19-29(33)31-21(2)16-17-22-10-5-4-6-11-22/h4-15,18,20-21,26H,3,16-17,19H2,1-2H3,(H,31,33)/t21-,26-/m1/s1. The molecule has 0 spiro atoms. The first-order valence-corrected chi connectivity index (χ1v) is 11.7. The summed E-state index contributed by atoms with van der Waals surface area (Å²) < 4.78 is 16.3. The Bertz CT molecular complexity index is 1210. The Morgan fingerprint density at radius 3 is 2.52 bits per heavy atom. The van der Waals surface area contributed by atoms with Crippen LogP contribution in [-0.4, -0.2) is 16.5 Å². The molecule has 0 fully saturated rings. The molecular formula is C29H31FN2O. The minimum atomic E-state index is -0.284. The fourth-order valence-corrected chi connectivity index (χ4v) is 4.56. The van der Waals surface area contributed by atoms with E-state index in [4.69, 9.17) is 0 Å². The Labute approximate surface area is 195 Å². The van der Waals surface area contributed by atoms with Crippen LogP contribution in [-0.2, 0) is 17.8 Å². The van der Waals surface area contributed by atoms with Gasteiger partial charge in [0.1, 0.15) is 5.82 Å². The Hall–Kier alpha value is -3.40. The molecule has 1 heterocycles. The molecule has 0 aliphatic rings. The second-order valence-corrected chi connectivity index (χ2v) is 8.69. The van der Waals surface area contributed by atoms with Gasteiger partial charge < -0.3 is 9.88 Å². The zero-order valence-electron chi connectivity index (χ0n) is 19.3. The molecule has 4 rings (SSSR count). The SMILES string of the molecule is CCn1cc([C@H](CC(=O)N[C@H](C)CCc2ccccc2)c2cccc(F)c2)c2ccccc21. The van der Waals surface area contributed by atoms with E-state index < -0.39 is 0 Å². The number of benzene rings is 3. The highest BCUT2D eigenvalue weighted by Crippen LogP contribution is 2.35. The lowest BCUT2D eigenvalue weighted by Crippen LogP contribution is -2.33. The van der Waals surface area contributed by atoms with Crippen molar-refractivity contribution in [2.45, 2.75) is 51.6 Å². The van der Waals surface area contributed by atoms with Gasteiger partial charge in [0, 0.05) is 42.0 Å². The molecule has 0 aliphatic carbocycles. The maximum Gasteiger partial charge on any atom is 0.221 e. The van der Waals surface area contributed by atoms with Gasteiger partial charge in [-0.15, -0.1) is 0 Å². The third kappa shape index (κ3) is 5.51. The molecule has 1 amide bonds. The van der Waals surface area contributed by atoms with Crippen molar-refractivity contribution in [2.75, 3.05) is 0 Å². The molecule has 0 bridgehead atoms. The number of para-hydroxylation sites is 1. The molecule has 170 valence electrons. The molecular weight excluding hydrogens is 411 g/mol. The number of amides is 1. The van der Waals surface area contributed by atoms with E-state index in [-0.39, 0.29) is 30.1 Å². The number of halogens is 1. The van der Waals surface area contributed by atoms with Crippen molar-refractivity contribution in [1.82, 2.24) is 9.88 Å². The Morgan fingerprint density at radius 1 is 1.00 bits per heavy atom. The van der Waals surface area contributed by atoms with Crippen LogP contribution in [0.15, 0.2) is 85.1 Å². The normalized spacial score (nSPS) is 13.1. The largest absolute Gasteiger partial charge is 0.354 e. The van der Waals surface area contributed by atoms with Crippen molar-refractivity contribution >= 4 is 16.8 Å². The van der Waals surface area contributed by atoms with Crippen molar-refractivity contribution in [2.24, 2.45) is 0 Å². The molecule has 0 aliphatic heterocycles. The molecule has 3 aromatic carbocycles. The summed E-state index contributed by atoms with van der Waals surface area (Å²) in [6, 6.07) is 25.2. The molecule has 4 aromatic rings. The predicted molar refractivity (Wildman–Crippen MR) is 133 cm³/mol. The van der Waals surface area contributed by atoms with E-state index in [1.54, 1.807) is 12.1 Å². The van der Waals surface area contributed by atoms with Crippen LogP contribution in [0.5, 0.6) is 0 Å². The minimum Gasteiger partial charge on any atom is -0.354 e. The van der Waals surface area contributed by atoms with Gasteiger partial charge in [-0.2, -0.15) is 0 Å². The number of aryl methyl sites for hydroxylation is 2. The van der Waals surface area contributed by atoms with Crippen LogP contribution in [0, 0.1) is 5.82 Å². The quantitative estimate of drug-likeness (QED) is 0.317. The summed E-state index contributed by atoms with van der Waals surface area (Å²) in [5.74, 6) is -0.522. The van der Waals surface area contributed by atoms with Gasteiger partial charge in [-0.1, -0.05) is 60.7 Å². The lowest BCUT2D eigenvalue weighted by Gasteiger charge is -2.20. The molecule has 1 N–H and O–H groups in total. The molecule has 0 unspecified atom stereocenters. The van der Waals surface area contributed by atoms with E-state index in [0.717, 1.165) is 41.4 Å². The van der Waals surface area contributed by atoms with Gasteiger partial charge in [0.2, 0.25) is 5.91 Å². The van der Waals surface area contributed by atoms with E-state index in [9.17, 15) is 9.18 Å². The van der Waals surface area contributed by atoms with Gasteiger partial charge in [-0.25, -0.2) is 4.39 Å². The number of hydrogen-bond acceptors (Lipinski definition) is 1. The van der Waals surface area contributed by atoms with Crippen LogP contribution >= 0.6 is 0 Å². The Balaban J connectivity index is 1.56. The van der Waals surface area contributed by atoms with E-state index in [2.05, 4.69) is 47.3 Å².